The van der Waals surface area contributed by atoms with Crippen LogP contribution in [0.1, 0.15) is 44.7 Å². The van der Waals surface area contributed by atoms with Crippen LogP contribution in [-0.2, 0) is 26.1 Å². The molecule has 0 unspecified atom stereocenters. The van der Waals surface area contributed by atoms with E-state index in [-0.39, 0.29) is 35.1 Å². The molecular weight excluding hydrogens is 635 g/mol. The Balaban J connectivity index is 1.27. The van der Waals surface area contributed by atoms with Gasteiger partial charge in [-0.3, -0.25) is 0 Å². The molecule has 242 valence electrons. The van der Waals surface area contributed by atoms with Crippen LogP contribution in [0.15, 0.2) is 67.1 Å². The van der Waals surface area contributed by atoms with Crippen LogP contribution in [0.25, 0.3) is 11.4 Å². The minimum atomic E-state index is -3.71. The molecule has 4 aromatic rings. The smallest absolute Gasteiger partial charge is 0.410 e. The van der Waals surface area contributed by atoms with E-state index in [1.165, 1.54) is 24.5 Å². The SMILES string of the molecule is CC(C)(C)OC(=O)N1CCC[C@H](Nc2nccc(-c3nccnc3Oc3ccc(CS(=O)(=O)Cc4ccccc4Cl)c(F)c3)n2)C1. The van der Waals surface area contributed by atoms with Gasteiger partial charge in [-0.2, -0.15) is 0 Å². The average molecular weight is 669 g/mol. The summed E-state index contributed by atoms with van der Waals surface area (Å²) >= 11 is 6.11. The molecule has 0 spiro atoms. The van der Waals surface area contributed by atoms with Crippen LogP contribution in [0.2, 0.25) is 5.02 Å². The van der Waals surface area contributed by atoms with E-state index in [9.17, 15) is 13.2 Å². The van der Waals surface area contributed by atoms with Gasteiger partial charge < -0.3 is 19.7 Å². The Morgan fingerprint density at radius 2 is 1.80 bits per heavy atom. The monoisotopic (exact) mass is 668 g/mol. The van der Waals surface area contributed by atoms with Gasteiger partial charge in [0.1, 0.15) is 17.2 Å². The first-order valence-corrected chi connectivity index (χ1v) is 16.8. The number of carbonyl (C=O) groups excluding carboxylic acids is 1. The summed E-state index contributed by atoms with van der Waals surface area (Å²) in [6.07, 6.45) is 5.72. The lowest BCUT2D eigenvalue weighted by atomic mass is 10.1. The highest BCUT2D eigenvalue weighted by atomic mass is 35.5. The predicted octanol–water partition coefficient (Wildman–Crippen LogP) is 6.44. The van der Waals surface area contributed by atoms with Crippen molar-refractivity contribution in [2.45, 2.75) is 56.8 Å². The van der Waals surface area contributed by atoms with Crippen molar-refractivity contribution < 1.29 is 27.1 Å². The number of piperidine rings is 1. The molecule has 3 heterocycles. The second kappa shape index (κ2) is 14.0. The highest BCUT2D eigenvalue weighted by Crippen LogP contribution is 2.30. The van der Waals surface area contributed by atoms with Gasteiger partial charge in [0, 0.05) is 54.4 Å². The van der Waals surface area contributed by atoms with Gasteiger partial charge in [-0.05, 0) is 57.4 Å². The maximum absolute atomic E-state index is 15.1. The molecule has 1 saturated heterocycles. The van der Waals surface area contributed by atoms with Crippen LogP contribution in [-0.4, -0.2) is 64.1 Å². The van der Waals surface area contributed by atoms with Crippen LogP contribution in [0.3, 0.4) is 0 Å². The zero-order chi connectivity index (χ0) is 32.9. The molecular formula is C32H34ClFN6O5S. The number of benzene rings is 2. The maximum atomic E-state index is 15.1. The normalized spacial score (nSPS) is 15.3. The molecule has 1 atom stereocenters. The summed E-state index contributed by atoms with van der Waals surface area (Å²) in [4.78, 5) is 31.8. The number of nitrogens with zero attached hydrogens (tertiary/aromatic N) is 5. The minimum Gasteiger partial charge on any atom is -0.444 e. The van der Waals surface area contributed by atoms with Crippen LogP contribution >= 0.6 is 11.6 Å². The van der Waals surface area contributed by atoms with Crippen molar-refractivity contribution in [3.8, 4) is 23.0 Å². The molecule has 46 heavy (non-hydrogen) atoms. The van der Waals surface area contributed by atoms with Crippen LogP contribution in [0.4, 0.5) is 15.1 Å². The quantitative estimate of drug-likeness (QED) is 0.212. The molecule has 1 N–H and O–H groups in total. The summed E-state index contributed by atoms with van der Waals surface area (Å²) in [6, 6.07) is 12.1. The number of hydrogen-bond acceptors (Lipinski definition) is 10. The van der Waals surface area contributed by atoms with Crippen LogP contribution in [0, 0.1) is 5.82 Å². The topological polar surface area (TPSA) is 136 Å². The molecule has 14 heteroatoms. The Morgan fingerprint density at radius 3 is 2.57 bits per heavy atom. The molecule has 1 amide bonds. The molecule has 0 saturated carbocycles. The number of amides is 1. The van der Waals surface area contributed by atoms with Crippen molar-refractivity contribution in [3.05, 3.63) is 89.1 Å². The number of rotatable bonds is 9. The van der Waals surface area contributed by atoms with Crippen LogP contribution < -0.4 is 10.1 Å². The Labute approximate surface area is 272 Å². The van der Waals surface area contributed by atoms with E-state index < -0.39 is 27.0 Å². The van der Waals surface area contributed by atoms with E-state index in [0.717, 1.165) is 18.9 Å². The number of ether oxygens (including phenoxy) is 2. The van der Waals surface area contributed by atoms with Gasteiger partial charge >= 0.3 is 6.09 Å². The first kappa shape index (κ1) is 33.0. The molecule has 1 aliphatic rings. The summed E-state index contributed by atoms with van der Waals surface area (Å²) < 4.78 is 52.1. The summed E-state index contributed by atoms with van der Waals surface area (Å²) in [7, 11) is -3.71. The molecule has 11 nitrogen and oxygen atoms in total. The molecule has 0 bridgehead atoms. The number of nitrogens with one attached hydrogen (secondary N) is 1. The largest absolute Gasteiger partial charge is 0.444 e. The number of likely N-dealkylation sites (tertiary alicyclic amines) is 1. The highest BCUT2D eigenvalue weighted by Gasteiger charge is 2.28. The fourth-order valence-corrected chi connectivity index (χ4v) is 6.68. The van der Waals surface area contributed by atoms with Crippen molar-refractivity contribution >= 4 is 33.5 Å². The second-order valence-electron chi connectivity index (χ2n) is 11.9. The Morgan fingerprint density at radius 1 is 1.04 bits per heavy atom. The summed E-state index contributed by atoms with van der Waals surface area (Å²) in [6.45, 7) is 6.53. The van der Waals surface area contributed by atoms with Gasteiger partial charge in [0.2, 0.25) is 11.8 Å². The fourth-order valence-electron chi connectivity index (χ4n) is 4.87. The number of anilines is 1. The lowest BCUT2D eigenvalue weighted by molar-refractivity contribution is 0.0206. The maximum Gasteiger partial charge on any atom is 0.410 e. The molecule has 2 aromatic heterocycles. The summed E-state index contributed by atoms with van der Waals surface area (Å²) in [5.74, 6) is -1.06. The summed E-state index contributed by atoms with van der Waals surface area (Å²) in [5.41, 5.74) is 0.557. The fraction of sp³-hybridized carbons (Fsp3) is 0.344. The number of sulfone groups is 1. The molecule has 2 aromatic carbocycles. The number of hydrogen-bond donors (Lipinski definition) is 1. The van der Waals surface area contributed by atoms with Gasteiger partial charge in [0.25, 0.3) is 0 Å². The zero-order valence-corrected chi connectivity index (χ0v) is 27.2. The third-order valence-corrected chi connectivity index (χ3v) is 8.79. The first-order chi connectivity index (χ1) is 21.8. The van der Waals surface area contributed by atoms with Gasteiger partial charge in [0.05, 0.1) is 17.2 Å². The molecule has 0 radical (unpaired) electrons. The Bertz CT molecular complexity index is 1820. The standard InChI is InChI=1S/C32H34ClFN6O5S/c1-32(2,3)45-31(41)40-16-6-8-23(18-40)38-30-37-13-12-27(39-30)28-29(36-15-14-35-28)44-24-11-10-22(26(34)17-24)20-46(42,43)19-21-7-4-5-9-25(21)33/h4-5,7,9-15,17,23H,6,8,16,18-20H2,1-3H3,(H,37,38,39)/t23-/m0/s1. The van der Waals surface area contributed by atoms with Crippen LogP contribution in [0.5, 0.6) is 11.6 Å². The van der Waals surface area contributed by atoms with E-state index in [1.54, 1.807) is 41.4 Å². The first-order valence-electron chi connectivity index (χ1n) is 14.6. The molecule has 1 aliphatic heterocycles. The average Bonchev–Trinajstić information content (AvgIpc) is 2.99. The Kier molecular flexibility index (Phi) is 10.0. The van der Waals surface area contributed by atoms with Crippen molar-refractivity contribution in [2.24, 2.45) is 0 Å². The minimum absolute atomic E-state index is 0.00163. The van der Waals surface area contributed by atoms with Crippen molar-refractivity contribution in [3.63, 3.8) is 0 Å². The Hall–Kier alpha value is -4.36. The lowest BCUT2D eigenvalue weighted by Gasteiger charge is -2.34. The number of aromatic nitrogens is 4. The van der Waals surface area contributed by atoms with Crippen molar-refractivity contribution in [2.75, 3.05) is 18.4 Å². The van der Waals surface area contributed by atoms with E-state index in [0.29, 0.717) is 41.0 Å². The molecule has 0 aliphatic carbocycles. The lowest BCUT2D eigenvalue weighted by Crippen LogP contribution is -2.47. The van der Waals surface area contributed by atoms with Gasteiger partial charge in [0.15, 0.2) is 15.5 Å². The third kappa shape index (κ3) is 8.88. The van der Waals surface area contributed by atoms with Gasteiger partial charge in [-0.15, -0.1) is 0 Å². The predicted molar refractivity (Wildman–Crippen MR) is 172 cm³/mol. The second-order valence-corrected chi connectivity index (χ2v) is 14.3. The van der Waals surface area contributed by atoms with E-state index >= 15 is 4.39 Å². The van der Waals surface area contributed by atoms with Gasteiger partial charge in [-0.25, -0.2) is 37.5 Å². The number of carbonyl (C=O) groups is 1. The van der Waals surface area contributed by atoms with Crippen molar-refractivity contribution in [1.82, 2.24) is 24.8 Å². The van der Waals surface area contributed by atoms with Gasteiger partial charge in [-0.1, -0.05) is 35.9 Å². The summed E-state index contributed by atoms with van der Waals surface area (Å²) in [5, 5.41) is 3.63. The number of halogens is 2. The molecule has 1 fully saturated rings. The highest BCUT2D eigenvalue weighted by molar-refractivity contribution is 7.89. The van der Waals surface area contributed by atoms with Crippen molar-refractivity contribution in [1.29, 1.82) is 0 Å². The third-order valence-electron chi connectivity index (χ3n) is 6.92. The van der Waals surface area contributed by atoms with E-state index in [1.807, 2.05) is 20.8 Å². The van der Waals surface area contributed by atoms with E-state index in [2.05, 4.69) is 25.3 Å². The molecule has 5 rings (SSSR count). The zero-order valence-electron chi connectivity index (χ0n) is 25.6. The van der Waals surface area contributed by atoms with E-state index in [4.69, 9.17) is 21.1 Å².